The van der Waals surface area contributed by atoms with Crippen LogP contribution in [-0.4, -0.2) is 15.8 Å². The summed E-state index contributed by atoms with van der Waals surface area (Å²) in [5, 5.41) is 8.21. The van der Waals surface area contributed by atoms with Gasteiger partial charge in [-0.3, -0.25) is 5.41 Å². The number of hydrogen-bond acceptors (Lipinski definition) is 3. The number of nitrogens with one attached hydrogen (secondary N) is 2. The summed E-state index contributed by atoms with van der Waals surface area (Å²) in [4.78, 5) is 8.83. The number of imidazole rings is 1. The van der Waals surface area contributed by atoms with Crippen molar-refractivity contribution in [1.29, 1.82) is 5.41 Å². The van der Waals surface area contributed by atoms with Gasteiger partial charge in [0.05, 0.1) is 11.0 Å². The molecule has 0 fully saturated rings. The zero-order chi connectivity index (χ0) is 13.2. The van der Waals surface area contributed by atoms with Gasteiger partial charge in [-0.1, -0.05) is 36.0 Å². The number of amidine groups is 1. The number of rotatable bonds is 3. The molecule has 0 radical (unpaired) electrons. The standard InChI is InChI=1S/C14H12N4S/c15-13(16)9-5-7-10(8-6-9)19-14-17-11-3-1-2-4-12(11)18-14/h1-8H,(H3,15,16)(H,17,18). The Morgan fingerprint density at radius 1 is 1.11 bits per heavy atom. The largest absolute Gasteiger partial charge is 0.384 e. The molecule has 0 saturated heterocycles. The zero-order valence-electron chi connectivity index (χ0n) is 10.1. The van der Waals surface area contributed by atoms with Gasteiger partial charge < -0.3 is 10.7 Å². The molecular formula is C14H12N4S. The van der Waals surface area contributed by atoms with Crippen molar-refractivity contribution in [3.05, 3.63) is 54.1 Å². The van der Waals surface area contributed by atoms with Crippen molar-refractivity contribution in [2.75, 3.05) is 0 Å². The minimum Gasteiger partial charge on any atom is -0.384 e. The van der Waals surface area contributed by atoms with E-state index >= 15 is 0 Å². The van der Waals surface area contributed by atoms with Gasteiger partial charge in [-0.2, -0.15) is 0 Å². The maximum atomic E-state index is 7.35. The third-order valence-corrected chi connectivity index (χ3v) is 3.64. The van der Waals surface area contributed by atoms with Gasteiger partial charge in [-0.05, 0) is 24.3 Å². The lowest BCUT2D eigenvalue weighted by atomic mass is 10.2. The number of H-pyrrole nitrogens is 1. The van der Waals surface area contributed by atoms with Gasteiger partial charge in [-0.25, -0.2) is 4.98 Å². The number of fused-ring (bicyclic) bond motifs is 1. The predicted molar refractivity (Wildman–Crippen MR) is 77.7 cm³/mol. The molecule has 19 heavy (non-hydrogen) atoms. The Balaban J connectivity index is 1.86. The van der Waals surface area contributed by atoms with E-state index in [-0.39, 0.29) is 5.84 Å². The Morgan fingerprint density at radius 3 is 2.53 bits per heavy atom. The monoisotopic (exact) mass is 268 g/mol. The van der Waals surface area contributed by atoms with Gasteiger partial charge in [0.1, 0.15) is 5.84 Å². The average molecular weight is 268 g/mol. The van der Waals surface area contributed by atoms with E-state index in [0.29, 0.717) is 0 Å². The first-order chi connectivity index (χ1) is 9.22. The van der Waals surface area contributed by atoms with E-state index in [1.165, 1.54) is 0 Å². The van der Waals surface area contributed by atoms with Crippen LogP contribution in [0.3, 0.4) is 0 Å². The summed E-state index contributed by atoms with van der Waals surface area (Å²) in [5.74, 6) is 0.0836. The van der Waals surface area contributed by atoms with Crippen LogP contribution in [0, 0.1) is 5.41 Å². The lowest BCUT2D eigenvalue weighted by Gasteiger charge is -2.00. The van der Waals surface area contributed by atoms with Crippen LogP contribution < -0.4 is 5.73 Å². The maximum absolute atomic E-state index is 7.35. The highest BCUT2D eigenvalue weighted by Crippen LogP contribution is 2.27. The van der Waals surface area contributed by atoms with Gasteiger partial charge in [0.25, 0.3) is 0 Å². The normalized spacial score (nSPS) is 10.7. The van der Waals surface area contributed by atoms with Crippen molar-refractivity contribution >= 4 is 28.6 Å². The number of aromatic amines is 1. The topological polar surface area (TPSA) is 78.6 Å². The molecule has 94 valence electrons. The second kappa shape index (κ2) is 4.78. The van der Waals surface area contributed by atoms with E-state index in [0.717, 1.165) is 26.6 Å². The van der Waals surface area contributed by atoms with Crippen molar-refractivity contribution in [3.8, 4) is 0 Å². The number of hydrogen-bond donors (Lipinski definition) is 3. The Kier molecular flexibility index (Phi) is 2.97. The van der Waals surface area contributed by atoms with Crippen LogP contribution in [-0.2, 0) is 0 Å². The van der Waals surface area contributed by atoms with E-state index < -0.39 is 0 Å². The van der Waals surface area contributed by atoms with Crippen LogP contribution in [0.5, 0.6) is 0 Å². The van der Waals surface area contributed by atoms with Gasteiger partial charge in [0, 0.05) is 10.5 Å². The van der Waals surface area contributed by atoms with Crippen LogP contribution in [0.1, 0.15) is 5.56 Å². The third-order valence-electron chi connectivity index (χ3n) is 2.75. The van der Waals surface area contributed by atoms with E-state index in [4.69, 9.17) is 11.1 Å². The number of nitrogens with two attached hydrogens (primary N) is 1. The van der Waals surface area contributed by atoms with Crippen LogP contribution in [0.25, 0.3) is 11.0 Å². The molecule has 0 spiro atoms. The fourth-order valence-electron chi connectivity index (χ4n) is 1.79. The van der Waals surface area contributed by atoms with Crippen LogP contribution in [0.15, 0.2) is 58.6 Å². The van der Waals surface area contributed by atoms with E-state index in [9.17, 15) is 0 Å². The first-order valence-electron chi connectivity index (χ1n) is 5.79. The number of benzene rings is 2. The smallest absolute Gasteiger partial charge is 0.171 e. The average Bonchev–Trinajstić information content (AvgIpc) is 2.81. The van der Waals surface area contributed by atoms with Gasteiger partial charge in [0.15, 0.2) is 5.16 Å². The minimum atomic E-state index is 0.0836. The second-order valence-corrected chi connectivity index (χ2v) is 5.16. The van der Waals surface area contributed by atoms with Gasteiger partial charge in [0.2, 0.25) is 0 Å². The first-order valence-corrected chi connectivity index (χ1v) is 6.61. The summed E-state index contributed by atoms with van der Waals surface area (Å²) in [7, 11) is 0. The fourth-order valence-corrected chi connectivity index (χ4v) is 2.59. The Hall–Kier alpha value is -2.27. The molecule has 0 aliphatic carbocycles. The first kappa shape index (κ1) is 11.8. The second-order valence-electron chi connectivity index (χ2n) is 4.10. The van der Waals surface area contributed by atoms with Crippen molar-refractivity contribution in [3.63, 3.8) is 0 Å². The highest BCUT2D eigenvalue weighted by atomic mass is 32.2. The van der Waals surface area contributed by atoms with Crippen molar-refractivity contribution in [2.24, 2.45) is 5.73 Å². The highest BCUT2D eigenvalue weighted by Gasteiger charge is 2.04. The van der Waals surface area contributed by atoms with Crippen molar-refractivity contribution in [2.45, 2.75) is 10.1 Å². The van der Waals surface area contributed by atoms with E-state index in [1.54, 1.807) is 11.8 Å². The Labute approximate surface area is 114 Å². The quantitative estimate of drug-likeness (QED) is 0.504. The highest BCUT2D eigenvalue weighted by molar-refractivity contribution is 7.99. The molecule has 0 atom stereocenters. The number of nitrogens with zero attached hydrogens (tertiary/aromatic N) is 1. The molecule has 0 aliphatic heterocycles. The summed E-state index contributed by atoms with van der Waals surface area (Å²) >= 11 is 1.56. The Morgan fingerprint density at radius 2 is 1.84 bits per heavy atom. The SMILES string of the molecule is N=C(N)c1ccc(Sc2nc3ccccc3[nH]2)cc1. The summed E-state index contributed by atoms with van der Waals surface area (Å²) in [5.41, 5.74) is 8.15. The van der Waals surface area contributed by atoms with Gasteiger partial charge in [-0.15, -0.1) is 0 Å². The molecule has 3 rings (SSSR count). The molecule has 5 heteroatoms. The third kappa shape index (κ3) is 2.46. The zero-order valence-corrected chi connectivity index (χ0v) is 10.9. The van der Waals surface area contributed by atoms with E-state index in [1.807, 2.05) is 48.5 Å². The molecule has 2 aromatic carbocycles. The maximum Gasteiger partial charge on any atom is 0.171 e. The number of para-hydroxylation sites is 2. The molecule has 0 aliphatic rings. The molecule has 0 amide bonds. The molecule has 1 heterocycles. The van der Waals surface area contributed by atoms with Gasteiger partial charge >= 0.3 is 0 Å². The minimum absolute atomic E-state index is 0.0836. The Bertz CT molecular complexity index is 698. The molecule has 4 nitrogen and oxygen atoms in total. The molecule has 4 N–H and O–H groups in total. The molecule has 0 bridgehead atoms. The van der Waals surface area contributed by atoms with Crippen LogP contribution in [0.4, 0.5) is 0 Å². The number of aromatic nitrogens is 2. The number of nitrogen functional groups attached to an aromatic ring is 1. The molecular weight excluding hydrogens is 256 g/mol. The lowest BCUT2D eigenvalue weighted by molar-refractivity contribution is 1.08. The molecule has 0 unspecified atom stereocenters. The molecule has 3 aromatic rings. The van der Waals surface area contributed by atoms with Crippen molar-refractivity contribution < 1.29 is 0 Å². The molecule has 1 aromatic heterocycles. The summed E-state index contributed by atoms with van der Waals surface area (Å²) in [6.45, 7) is 0. The summed E-state index contributed by atoms with van der Waals surface area (Å²) in [6, 6.07) is 15.5. The summed E-state index contributed by atoms with van der Waals surface area (Å²) in [6.07, 6.45) is 0. The lowest BCUT2D eigenvalue weighted by Crippen LogP contribution is -2.10. The predicted octanol–water partition coefficient (Wildman–Crippen LogP) is 3.00. The fraction of sp³-hybridized carbons (Fsp3) is 0. The van der Waals surface area contributed by atoms with Crippen LogP contribution >= 0.6 is 11.8 Å². The van der Waals surface area contributed by atoms with Crippen LogP contribution in [0.2, 0.25) is 0 Å². The van der Waals surface area contributed by atoms with Crippen molar-refractivity contribution in [1.82, 2.24) is 9.97 Å². The summed E-state index contributed by atoms with van der Waals surface area (Å²) < 4.78 is 0. The molecule has 0 saturated carbocycles. The van der Waals surface area contributed by atoms with E-state index in [2.05, 4.69) is 9.97 Å².